The number of aromatic nitrogens is 2. The van der Waals surface area contributed by atoms with Crippen LogP contribution in [0.2, 0.25) is 0 Å². The van der Waals surface area contributed by atoms with Gasteiger partial charge in [0.15, 0.2) is 0 Å². The minimum absolute atomic E-state index is 0.0807. The van der Waals surface area contributed by atoms with Gasteiger partial charge in [-0.1, -0.05) is 6.07 Å². The van der Waals surface area contributed by atoms with E-state index in [0.29, 0.717) is 17.8 Å². The molecule has 0 saturated carbocycles. The first-order valence-corrected chi connectivity index (χ1v) is 11.3. The van der Waals surface area contributed by atoms with E-state index in [-0.39, 0.29) is 23.7 Å². The number of carbonyl (C=O) groups excluding carboxylic acids is 2. The number of likely N-dealkylation sites (tertiary alicyclic amines) is 1. The molecule has 31 heavy (non-hydrogen) atoms. The van der Waals surface area contributed by atoms with E-state index in [2.05, 4.69) is 10.4 Å². The summed E-state index contributed by atoms with van der Waals surface area (Å²) in [4.78, 5) is 28.4. The molecule has 2 unspecified atom stereocenters. The number of carbonyl (C=O) groups is 2. The van der Waals surface area contributed by atoms with Crippen LogP contribution in [-0.2, 0) is 4.79 Å². The average molecular weight is 441 g/mol. The van der Waals surface area contributed by atoms with Crippen LogP contribution in [0.1, 0.15) is 53.2 Å². The Morgan fingerprint density at radius 2 is 2.00 bits per heavy atom. The maximum atomic E-state index is 13.2. The molecule has 3 heterocycles. The van der Waals surface area contributed by atoms with Gasteiger partial charge >= 0.3 is 0 Å². The summed E-state index contributed by atoms with van der Waals surface area (Å²) < 4.78 is 15.0. The lowest BCUT2D eigenvalue weighted by Crippen LogP contribution is -2.52. The lowest BCUT2D eigenvalue weighted by molar-refractivity contribution is -0.127. The Morgan fingerprint density at radius 3 is 2.71 bits per heavy atom. The summed E-state index contributed by atoms with van der Waals surface area (Å²) in [5.74, 6) is -0.530. The molecular formula is C23H25FN4O2S. The molecule has 8 heteroatoms. The summed E-state index contributed by atoms with van der Waals surface area (Å²) in [6.07, 6.45) is 4.20. The van der Waals surface area contributed by atoms with E-state index < -0.39 is 6.04 Å². The smallest absolute Gasteiger partial charge is 0.264 e. The quantitative estimate of drug-likeness (QED) is 0.645. The van der Waals surface area contributed by atoms with Gasteiger partial charge in [-0.2, -0.15) is 5.10 Å². The van der Waals surface area contributed by atoms with Crippen molar-refractivity contribution < 1.29 is 14.0 Å². The zero-order valence-corrected chi connectivity index (χ0v) is 18.4. The minimum atomic E-state index is -0.474. The molecule has 162 valence electrons. The van der Waals surface area contributed by atoms with Crippen molar-refractivity contribution in [3.05, 3.63) is 69.9 Å². The highest BCUT2D eigenvalue weighted by atomic mass is 32.1. The van der Waals surface area contributed by atoms with Crippen LogP contribution in [0.3, 0.4) is 0 Å². The predicted molar refractivity (Wildman–Crippen MR) is 118 cm³/mol. The topological polar surface area (TPSA) is 67.2 Å². The Kier molecular flexibility index (Phi) is 6.18. The second kappa shape index (κ2) is 9.01. The van der Waals surface area contributed by atoms with Crippen LogP contribution in [0.15, 0.2) is 48.0 Å². The average Bonchev–Trinajstić information content (AvgIpc) is 3.44. The van der Waals surface area contributed by atoms with Gasteiger partial charge in [0, 0.05) is 17.8 Å². The Morgan fingerprint density at radius 1 is 1.23 bits per heavy atom. The Bertz CT molecular complexity index is 1060. The molecule has 1 aromatic carbocycles. The maximum absolute atomic E-state index is 13.2. The van der Waals surface area contributed by atoms with Gasteiger partial charge in [-0.25, -0.2) is 9.07 Å². The molecule has 0 radical (unpaired) electrons. The Hall–Kier alpha value is -3.00. The zero-order valence-electron chi connectivity index (χ0n) is 17.5. The van der Waals surface area contributed by atoms with Gasteiger partial charge in [0.25, 0.3) is 5.91 Å². The van der Waals surface area contributed by atoms with Crippen molar-refractivity contribution in [3.63, 3.8) is 0 Å². The van der Waals surface area contributed by atoms with Crippen molar-refractivity contribution >= 4 is 23.2 Å². The highest BCUT2D eigenvalue weighted by Crippen LogP contribution is 2.24. The number of nitrogens with one attached hydrogen (secondary N) is 1. The fraction of sp³-hybridized carbons (Fsp3) is 0.348. The molecule has 1 aliphatic heterocycles. The van der Waals surface area contributed by atoms with Crippen molar-refractivity contribution in [2.24, 2.45) is 0 Å². The summed E-state index contributed by atoms with van der Waals surface area (Å²) >= 11 is 1.40. The maximum Gasteiger partial charge on any atom is 0.264 e. The van der Waals surface area contributed by atoms with Crippen molar-refractivity contribution in [2.75, 3.05) is 6.54 Å². The van der Waals surface area contributed by atoms with Crippen molar-refractivity contribution in [1.82, 2.24) is 20.0 Å². The first-order chi connectivity index (χ1) is 15.0. The normalized spacial score (nSPS) is 17.4. The second-order valence-electron chi connectivity index (χ2n) is 7.79. The number of hydrogen-bond acceptors (Lipinski definition) is 4. The molecule has 3 aromatic rings. The molecule has 0 aliphatic carbocycles. The number of thiophene rings is 1. The van der Waals surface area contributed by atoms with Crippen molar-refractivity contribution in [1.29, 1.82) is 0 Å². The van der Waals surface area contributed by atoms with E-state index in [1.165, 1.54) is 23.5 Å². The van der Waals surface area contributed by atoms with Crippen LogP contribution in [-0.4, -0.2) is 39.1 Å². The van der Waals surface area contributed by atoms with E-state index in [1.807, 2.05) is 25.3 Å². The van der Waals surface area contributed by atoms with Crippen LogP contribution in [0.5, 0.6) is 0 Å². The lowest BCUT2D eigenvalue weighted by atomic mass is 10.00. The minimum Gasteiger partial charge on any atom is -0.348 e. The Labute approximate surface area is 184 Å². The van der Waals surface area contributed by atoms with Gasteiger partial charge in [-0.15, -0.1) is 11.3 Å². The Balaban J connectivity index is 1.49. The molecule has 0 spiro atoms. The first-order valence-electron chi connectivity index (χ1n) is 10.4. The van der Waals surface area contributed by atoms with Gasteiger partial charge in [0.05, 0.1) is 22.8 Å². The largest absolute Gasteiger partial charge is 0.348 e. The first kappa shape index (κ1) is 21.2. The third kappa shape index (κ3) is 4.39. The second-order valence-corrected chi connectivity index (χ2v) is 8.74. The molecule has 1 fully saturated rings. The third-order valence-corrected chi connectivity index (χ3v) is 6.60. The molecular weight excluding hydrogens is 415 g/mol. The predicted octanol–water partition coefficient (Wildman–Crippen LogP) is 4.25. The lowest BCUT2D eigenvalue weighted by Gasteiger charge is -2.35. The van der Waals surface area contributed by atoms with E-state index in [4.69, 9.17) is 0 Å². The van der Waals surface area contributed by atoms with Crippen LogP contribution >= 0.6 is 11.3 Å². The van der Waals surface area contributed by atoms with Crippen molar-refractivity contribution in [3.8, 4) is 5.69 Å². The summed E-state index contributed by atoms with van der Waals surface area (Å²) in [6, 6.07) is 9.01. The molecule has 2 aromatic heterocycles. The third-order valence-electron chi connectivity index (χ3n) is 5.74. The van der Waals surface area contributed by atoms with Crippen LogP contribution in [0.4, 0.5) is 4.39 Å². The van der Waals surface area contributed by atoms with Crippen LogP contribution in [0, 0.1) is 12.7 Å². The summed E-state index contributed by atoms with van der Waals surface area (Å²) in [7, 11) is 0. The molecule has 4 rings (SSSR count). The zero-order chi connectivity index (χ0) is 22.0. The molecule has 0 bridgehead atoms. The van der Waals surface area contributed by atoms with Gasteiger partial charge < -0.3 is 10.2 Å². The SMILES string of the molecule is Cc1c(C(C)NC(=O)C2CCCCN2C(=O)c2cccs2)cnn1-c1ccc(F)cc1. The fourth-order valence-electron chi connectivity index (χ4n) is 4.07. The molecule has 2 atom stereocenters. The van der Waals surface area contributed by atoms with E-state index in [0.717, 1.165) is 29.8 Å². The number of rotatable bonds is 5. The molecule has 6 nitrogen and oxygen atoms in total. The molecule has 2 amide bonds. The van der Waals surface area contributed by atoms with Crippen molar-refractivity contribution in [2.45, 2.75) is 45.2 Å². The van der Waals surface area contributed by atoms with E-state index in [9.17, 15) is 14.0 Å². The number of halogens is 1. The monoisotopic (exact) mass is 440 g/mol. The highest BCUT2D eigenvalue weighted by Gasteiger charge is 2.33. The van der Waals surface area contributed by atoms with E-state index in [1.54, 1.807) is 34.0 Å². The standard InChI is InChI=1S/C23H25FN4O2S/c1-15(19-14-25-28(16(19)2)18-10-8-17(24)9-11-18)26-22(29)20-6-3-4-12-27(20)23(30)21-7-5-13-31-21/h5,7-11,13-15,20H,3-4,6,12H2,1-2H3,(H,26,29). The molecule has 1 saturated heterocycles. The fourth-order valence-corrected chi connectivity index (χ4v) is 4.75. The summed E-state index contributed by atoms with van der Waals surface area (Å²) in [5, 5.41) is 9.35. The highest BCUT2D eigenvalue weighted by molar-refractivity contribution is 7.12. The number of piperidine rings is 1. The van der Waals surface area contributed by atoms with E-state index >= 15 is 0 Å². The molecule has 1 aliphatic rings. The van der Waals surface area contributed by atoms with Crippen LogP contribution in [0.25, 0.3) is 5.69 Å². The number of hydrogen-bond donors (Lipinski definition) is 1. The van der Waals surface area contributed by atoms with Crippen LogP contribution < -0.4 is 5.32 Å². The number of benzene rings is 1. The number of amides is 2. The van der Waals surface area contributed by atoms with Gasteiger partial charge in [-0.3, -0.25) is 9.59 Å². The van der Waals surface area contributed by atoms with Gasteiger partial charge in [-0.05, 0) is 68.8 Å². The van der Waals surface area contributed by atoms with Gasteiger partial charge in [0.1, 0.15) is 11.9 Å². The number of nitrogens with zero attached hydrogens (tertiary/aromatic N) is 3. The van der Waals surface area contributed by atoms with Gasteiger partial charge in [0.2, 0.25) is 5.91 Å². The summed E-state index contributed by atoms with van der Waals surface area (Å²) in [5.41, 5.74) is 2.50. The summed E-state index contributed by atoms with van der Waals surface area (Å²) in [6.45, 7) is 4.41. The molecule has 1 N–H and O–H groups in total.